The number of aryl methyl sites for hydroxylation is 1. The standard InChI is InChI=1S/C14H21N7O/c1-14(2,3)11-7-20-6-10(4-5-12(20)17-11)16-13(22)8-21-9-15-18-19-21/h7,9-10H,4-6,8H2,1-3H3,(H,16,22)/t10-/m0/s1. The van der Waals surface area contributed by atoms with Crippen LogP contribution in [0.2, 0.25) is 0 Å². The zero-order chi connectivity index (χ0) is 15.7. The van der Waals surface area contributed by atoms with Crippen LogP contribution in [-0.4, -0.2) is 41.7 Å². The maximum absolute atomic E-state index is 12.0. The Balaban J connectivity index is 1.62. The minimum atomic E-state index is -0.0723. The van der Waals surface area contributed by atoms with E-state index < -0.39 is 0 Å². The zero-order valence-electron chi connectivity index (χ0n) is 13.2. The smallest absolute Gasteiger partial charge is 0.242 e. The lowest BCUT2D eigenvalue weighted by atomic mass is 9.93. The fraction of sp³-hybridized carbons (Fsp3) is 0.643. The third-order valence-corrected chi connectivity index (χ3v) is 3.82. The minimum Gasteiger partial charge on any atom is -0.350 e. The molecule has 2 aromatic heterocycles. The van der Waals surface area contributed by atoms with Crippen LogP contribution < -0.4 is 5.32 Å². The molecule has 8 heteroatoms. The van der Waals surface area contributed by atoms with E-state index in [0.717, 1.165) is 30.9 Å². The lowest BCUT2D eigenvalue weighted by Gasteiger charge is -2.24. The van der Waals surface area contributed by atoms with E-state index in [-0.39, 0.29) is 23.9 Å². The quantitative estimate of drug-likeness (QED) is 0.880. The van der Waals surface area contributed by atoms with Crippen LogP contribution in [0.15, 0.2) is 12.5 Å². The number of hydrogen-bond acceptors (Lipinski definition) is 5. The van der Waals surface area contributed by atoms with Crippen molar-refractivity contribution in [2.45, 2.75) is 58.2 Å². The van der Waals surface area contributed by atoms with E-state index in [0.29, 0.717) is 0 Å². The molecule has 8 nitrogen and oxygen atoms in total. The van der Waals surface area contributed by atoms with E-state index in [9.17, 15) is 4.79 Å². The zero-order valence-corrected chi connectivity index (χ0v) is 13.2. The van der Waals surface area contributed by atoms with Gasteiger partial charge < -0.3 is 9.88 Å². The Labute approximate surface area is 128 Å². The highest BCUT2D eigenvalue weighted by molar-refractivity contribution is 5.75. The SMILES string of the molecule is CC(C)(C)c1cn2c(n1)CC[C@H](NC(=O)Cn1cnnn1)C2. The molecule has 1 N–H and O–H groups in total. The van der Waals surface area contributed by atoms with E-state index in [1.54, 1.807) is 0 Å². The molecule has 0 saturated heterocycles. The third-order valence-electron chi connectivity index (χ3n) is 3.82. The predicted octanol–water partition coefficient (Wildman–Crippen LogP) is 0.298. The summed E-state index contributed by atoms with van der Waals surface area (Å²) in [4.78, 5) is 16.7. The molecule has 3 heterocycles. The van der Waals surface area contributed by atoms with Gasteiger partial charge in [0.2, 0.25) is 5.91 Å². The Hall–Kier alpha value is -2.25. The van der Waals surface area contributed by atoms with Crippen molar-refractivity contribution in [3.63, 3.8) is 0 Å². The lowest BCUT2D eigenvalue weighted by molar-refractivity contribution is -0.122. The number of amides is 1. The van der Waals surface area contributed by atoms with Crippen LogP contribution in [0.1, 0.15) is 38.7 Å². The van der Waals surface area contributed by atoms with Gasteiger partial charge in [-0.25, -0.2) is 9.67 Å². The first-order valence-corrected chi connectivity index (χ1v) is 7.48. The fourth-order valence-electron chi connectivity index (χ4n) is 2.60. The Bertz CT molecular complexity index is 653. The van der Waals surface area contributed by atoms with Gasteiger partial charge in [-0.05, 0) is 16.8 Å². The highest BCUT2D eigenvalue weighted by Crippen LogP contribution is 2.24. The van der Waals surface area contributed by atoms with Crippen molar-refractivity contribution in [1.29, 1.82) is 0 Å². The van der Waals surface area contributed by atoms with Crippen molar-refractivity contribution in [2.24, 2.45) is 0 Å². The number of imidazole rings is 1. The van der Waals surface area contributed by atoms with Gasteiger partial charge in [0.25, 0.3) is 0 Å². The molecule has 1 aliphatic rings. The summed E-state index contributed by atoms with van der Waals surface area (Å²) < 4.78 is 3.57. The number of tetrazole rings is 1. The Morgan fingerprint density at radius 3 is 2.95 bits per heavy atom. The minimum absolute atomic E-state index is 0.0448. The van der Waals surface area contributed by atoms with Gasteiger partial charge in [-0.15, -0.1) is 5.10 Å². The van der Waals surface area contributed by atoms with Crippen molar-refractivity contribution < 1.29 is 4.79 Å². The summed E-state index contributed by atoms with van der Waals surface area (Å²) in [5.41, 5.74) is 1.14. The number of hydrogen-bond donors (Lipinski definition) is 1. The van der Waals surface area contributed by atoms with Crippen LogP contribution in [0.5, 0.6) is 0 Å². The number of carbonyl (C=O) groups excluding carboxylic acids is 1. The Morgan fingerprint density at radius 2 is 2.27 bits per heavy atom. The van der Waals surface area contributed by atoms with E-state index in [1.807, 2.05) is 0 Å². The molecule has 0 fully saturated rings. The molecule has 118 valence electrons. The summed E-state index contributed by atoms with van der Waals surface area (Å²) in [7, 11) is 0. The van der Waals surface area contributed by atoms with Crippen LogP contribution in [-0.2, 0) is 29.7 Å². The summed E-state index contributed by atoms with van der Waals surface area (Å²) in [6, 6.07) is 0.124. The van der Waals surface area contributed by atoms with E-state index >= 15 is 0 Å². The number of carbonyl (C=O) groups is 1. The first kappa shape index (κ1) is 14.7. The maximum atomic E-state index is 12.0. The first-order chi connectivity index (χ1) is 10.4. The summed E-state index contributed by atoms with van der Waals surface area (Å²) in [6.45, 7) is 7.39. The second-order valence-electron chi connectivity index (χ2n) is 6.76. The summed E-state index contributed by atoms with van der Waals surface area (Å²) >= 11 is 0. The fourth-order valence-corrected chi connectivity index (χ4v) is 2.60. The first-order valence-electron chi connectivity index (χ1n) is 7.48. The highest BCUT2D eigenvalue weighted by Gasteiger charge is 2.25. The van der Waals surface area contributed by atoms with Gasteiger partial charge >= 0.3 is 0 Å². The normalized spacial score (nSPS) is 18.0. The molecule has 3 rings (SSSR count). The molecule has 22 heavy (non-hydrogen) atoms. The van der Waals surface area contributed by atoms with Crippen molar-refractivity contribution in [3.8, 4) is 0 Å². The van der Waals surface area contributed by atoms with Crippen molar-refractivity contribution in [1.82, 2.24) is 35.1 Å². The summed E-state index contributed by atoms with van der Waals surface area (Å²) in [5, 5.41) is 13.8. The van der Waals surface area contributed by atoms with Gasteiger partial charge in [0.05, 0.1) is 5.69 Å². The largest absolute Gasteiger partial charge is 0.350 e. The molecular weight excluding hydrogens is 282 g/mol. The van der Waals surface area contributed by atoms with Gasteiger partial charge in [-0.2, -0.15) is 0 Å². The number of rotatable bonds is 3. The van der Waals surface area contributed by atoms with Gasteiger partial charge in [0.1, 0.15) is 18.7 Å². The molecule has 1 atom stereocenters. The van der Waals surface area contributed by atoms with Crippen LogP contribution in [0.4, 0.5) is 0 Å². The molecule has 0 aliphatic carbocycles. The molecule has 2 aromatic rings. The van der Waals surface area contributed by atoms with Crippen molar-refractivity contribution in [3.05, 3.63) is 24.0 Å². The topological polar surface area (TPSA) is 90.5 Å². The van der Waals surface area contributed by atoms with Crippen molar-refractivity contribution >= 4 is 5.91 Å². The number of aromatic nitrogens is 6. The van der Waals surface area contributed by atoms with Gasteiger partial charge in [-0.1, -0.05) is 20.8 Å². The van der Waals surface area contributed by atoms with Crippen LogP contribution in [0, 0.1) is 0 Å². The molecule has 0 bridgehead atoms. The summed E-state index contributed by atoms with van der Waals surface area (Å²) in [5.74, 6) is 1.04. The van der Waals surface area contributed by atoms with Crippen LogP contribution in [0.3, 0.4) is 0 Å². The monoisotopic (exact) mass is 303 g/mol. The average molecular weight is 303 g/mol. The molecule has 0 unspecified atom stereocenters. The predicted molar refractivity (Wildman–Crippen MR) is 79.0 cm³/mol. The molecule has 0 aromatic carbocycles. The van der Waals surface area contributed by atoms with Gasteiger partial charge in [0.15, 0.2) is 0 Å². The van der Waals surface area contributed by atoms with Crippen LogP contribution >= 0.6 is 0 Å². The maximum Gasteiger partial charge on any atom is 0.242 e. The van der Waals surface area contributed by atoms with E-state index in [2.05, 4.69) is 52.4 Å². The Morgan fingerprint density at radius 1 is 1.45 bits per heavy atom. The molecular formula is C14H21N7O. The molecule has 0 saturated carbocycles. The third kappa shape index (κ3) is 3.15. The molecule has 1 amide bonds. The van der Waals surface area contributed by atoms with Gasteiger partial charge in [-0.3, -0.25) is 4.79 Å². The van der Waals surface area contributed by atoms with E-state index in [4.69, 9.17) is 4.98 Å². The number of nitrogens with zero attached hydrogens (tertiary/aromatic N) is 6. The second kappa shape index (κ2) is 5.51. The lowest BCUT2D eigenvalue weighted by Crippen LogP contribution is -2.42. The number of nitrogens with one attached hydrogen (secondary N) is 1. The second-order valence-corrected chi connectivity index (χ2v) is 6.76. The summed E-state index contributed by atoms with van der Waals surface area (Å²) in [6.07, 6.45) is 5.33. The molecule has 0 radical (unpaired) electrons. The molecule has 0 spiro atoms. The highest BCUT2D eigenvalue weighted by atomic mass is 16.2. The molecule has 1 aliphatic heterocycles. The van der Waals surface area contributed by atoms with Crippen molar-refractivity contribution in [2.75, 3.05) is 0 Å². The Kier molecular flexibility index (Phi) is 3.67. The number of fused-ring (bicyclic) bond motifs is 1. The average Bonchev–Trinajstić information content (AvgIpc) is 3.06. The van der Waals surface area contributed by atoms with E-state index in [1.165, 1.54) is 11.0 Å². The van der Waals surface area contributed by atoms with Crippen LogP contribution in [0.25, 0.3) is 0 Å². The van der Waals surface area contributed by atoms with Gasteiger partial charge in [0, 0.05) is 30.6 Å².